The van der Waals surface area contributed by atoms with Gasteiger partial charge in [-0.1, -0.05) is 17.8 Å². The van der Waals surface area contributed by atoms with Crippen LogP contribution in [0.1, 0.15) is 33.1 Å². The lowest BCUT2D eigenvalue weighted by Gasteiger charge is -2.21. The predicted molar refractivity (Wildman–Crippen MR) is 97.3 cm³/mol. The number of nitrogens with one attached hydrogen (secondary N) is 1. The molecule has 0 aliphatic heterocycles. The van der Waals surface area contributed by atoms with Crippen LogP contribution in [0.4, 0.5) is 0 Å². The van der Waals surface area contributed by atoms with Gasteiger partial charge in [0.25, 0.3) is 0 Å². The van der Waals surface area contributed by atoms with Crippen LogP contribution in [-0.4, -0.2) is 39.7 Å². The number of benzene rings is 1. The van der Waals surface area contributed by atoms with Crippen molar-refractivity contribution in [2.24, 2.45) is 0 Å². The van der Waals surface area contributed by atoms with Crippen molar-refractivity contribution in [1.29, 1.82) is 0 Å². The van der Waals surface area contributed by atoms with Gasteiger partial charge in [-0.15, -0.1) is 0 Å². The average Bonchev–Trinajstić information content (AvgIpc) is 3.23. The molecule has 1 aliphatic carbocycles. The summed E-state index contributed by atoms with van der Waals surface area (Å²) in [5.41, 5.74) is 3.00. The SMILES string of the molecule is CCOc1ccc2nc(SCC(=O)N(CC)C3=CCCC3)[nH]c2c1. The van der Waals surface area contributed by atoms with Crippen LogP contribution in [0, 0.1) is 0 Å². The fourth-order valence-corrected chi connectivity index (χ4v) is 3.70. The molecule has 0 bridgehead atoms. The Morgan fingerprint density at radius 3 is 3.00 bits per heavy atom. The van der Waals surface area contributed by atoms with Gasteiger partial charge >= 0.3 is 0 Å². The molecule has 0 radical (unpaired) electrons. The molecule has 2 aromatic rings. The normalized spacial score (nSPS) is 14.0. The van der Waals surface area contributed by atoms with Gasteiger partial charge < -0.3 is 14.6 Å². The number of carbonyl (C=O) groups excluding carboxylic acids is 1. The van der Waals surface area contributed by atoms with Crippen molar-refractivity contribution in [2.45, 2.75) is 38.3 Å². The maximum absolute atomic E-state index is 12.5. The summed E-state index contributed by atoms with van der Waals surface area (Å²) < 4.78 is 5.50. The highest BCUT2D eigenvalue weighted by molar-refractivity contribution is 7.99. The number of aromatic nitrogens is 2. The number of fused-ring (bicyclic) bond motifs is 1. The Hall–Kier alpha value is -1.95. The molecule has 0 saturated heterocycles. The highest BCUT2D eigenvalue weighted by Crippen LogP contribution is 2.25. The molecule has 1 N–H and O–H groups in total. The highest BCUT2D eigenvalue weighted by Gasteiger charge is 2.19. The summed E-state index contributed by atoms with van der Waals surface area (Å²) in [6.45, 7) is 5.35. The number of carbonyl (C=O) groups is 1. The Morgan fingerprint density at radius 2 is 2.29 bits per heavy atom. The smallest absolute Gasteiger partial charge is 0.237 e. The molecule has 0 spiro atoms. The summed E-state index contributed by atoms with van der Waals surface area (Å²) in [7, 11) is 0. The zero-order valence-corrected chi connectivity index (χ0v) is 15.0. The van der Waals surface area contributed by atoms with Crippen LogP contribution in [0.3, 0.4) is 0 Å². The first-order chi connectivity index (χ1) is 11.7. The summed E-state index contributed by atoms with van der Waals surface area (Å²) in [6.07, 6.45) is 5.42. The molecule has 6 heteroatoms. The first kappa shape index (κ1) is 16.9. The van der Waals surface area contributed by atoms with Gasteiger partial charge in [0, 0.05) is 18.3 Å². The Morgan fingerprint density at radius 1 is 1.42 bits per heavy atom. The minimum absolute atomic E-state index is 0.145. The Balaban J connectivity index is 1.65. The molecule has 128 valence electrons. The number of hydrogen-bond acceptors (Lipinski definition) is 4. The summed E-state index contributed by atoms with van der Waals surface area (Å²) in [4.78, 5) is 22.2. The summed E-state index contributed by atoms with van der Waals surface area (Å²) in [6, 6.07) is 5.79. The van der Waals surface area contributed by atoms with E-state index < -0.39 is 0 Å². The van der Waals surface area contributed by atoms with Crippen molar-refractivity contribution in [3.05, 3.63) is 30.0 Å². The van der Waals surface area contributed by atoms with Crippen LogP contribution in [0.2, 0.25) is 0 Å². The monoisotopic (exact) mass is 345 g/mol. The van der Waals surface area contributed by atoms with Crippen LogP contribution in [0.5, 0.6) is 5.75 Å². The number of amides is 1. The third kappa shape index (κ3) is 3.75. The van der Waals surface area contributed by atoms with Crippen LogP contribution in [0.25, 0.3) is 11.0 Å². The Labute approximate surface area is 146 Å². The van der Waals surface area contributed by atoms with E-state index in [1.165, 1.54) is 17.5 Å². The van der Waals surface area contributed by atoms with E-state index in [2.05, 4.69) is 16.0 Å². The van der Waals surface area contributed by atoms with Crippen molar-refractivity contribution in [3.63, 3.8) is 0 Å². The third-order valence-corrected chi connectivity index (χ3v) is 4.91. The van der Waals surface area contributed by atoms with Gasteiger partial charge in [0.2, 0.25) is 5.91 Å². The van der Waals surface area contributed by atoms with Gasteiger partial charge in [0.1, 0.15) is 5.75 Å². The first-order valence-corrected chi connectivity index (χ1v) is 9.44. The van der Waals surface area contributed by atoms with Crippen LogP contribution < -0.4 is 4.74 Å². The molecule has 1 amide bonds. The predicted octanol–water partition coefficient (Wildman–Crippen LogP) is 3.97. The minimum Gasteiger partial charge on any atom is -0.494 e. The highest BCUT2D eigenvalue weighted by atomic mass is 32.2. The van der Waals surface area contributed by atoms with Crippen molar-refractivity contribution >= 4 is 28.7 Å². The molecule has 1 aromatic carbocycles. The minimum atomic E-state index is 0.145. The van der Waals surface area contributed by atoms with Gasteiger partial charge in [-0.3, -0.25) is 4.79 Å². The average molecular weight is 345 g/mol. The number of allylic oxidation sites excluding steroid dienone is 2. The van der Waals surface area contributed by atoms with E-state index in [0.717, 1.165) is 47.7 Å². The van der Waals surface area contributed by atoms with Crippen LogP contribution in [0.15, 0.2) is 35.1 Å². The van der Waals surface area contributed by atoms with Gasteiger partial charge in [-0.05, 0) is 45.2 Å². The second-order valence-corrected chi connectivity index (χ2v) is 6.63. The van der Waals surface area contributed by atoms with E-state index in [9.17, 15) is 4.79 Å². The molecule has 24 heavy (non-hydrogen) atoms. The van der Waals surface area contributed by atoms with Crippen LogP contribution in [-0.2, 0) is 4.79 Å². The van der Waals surface area contributed by atoms with Crippen molar-refractivity contribution in [3.8, 4) is 5.75 Å². The zero-order chi connectivity index (χ0) is 16.9. The van der Waals surface area contributed by atoms with Crippen LogP contribution >= 0.6 is 11.8 Å². The van der Waals surface area contributed by atoms with Gasteiger partial charge in [0.05, 0.1) is 23.4 Å². The summed E-state index contributed by atoms with van der Waals surface area (Å²) in [5, 5.41) is 0.767. The van der Waals surface area contributed by atoms with E-state index >= 15 is 0 Å². The maximum atomic E-state index is 12.5. The lowest BCUT2D eigenvalue weighted by molar-refractivity contribution is -0.126. The van der Waals surface area contributed by atoms with E-state index in [4.69, 9.17) is 4.74 Å². The standard InChI is InChI=1S/C18H23N3O2S/c1-3-21(13-7-5-6-8-13)17(22)12-24-18-19-15-10-9-14(23-4-2)11-16(15)20-18/h7,9-11H,3-6,8,12H2,1-2H3,(H,19,20). The van der Waals surface area contributed by atoms with Crippen molar-refractivity contribution in [1.82, 2.24) is 14.9 Å². The third-order valence-electron chi connectivity index (χ3n) is 4.06. The summed E-state index contributed by atoms with van der Waals surface area (Å²) in [5.74, 6) is 1.36. The molecule has 0 saturated carbocycles. The molecule has 1 heterocycles. The fraction of sp³-hybridized carbons (Fsp3) is 0.444. The van der Waals surface area contributed by atoms with E-state index in [-0.39, 0.29) is 5.91 Å². The molecule has 3 rings (SSSR count). The lowest BCUT2D eigenvalue weighted by atomic mass is 10.3. The number of H-pyrrole nitrogens is 1. The second-order valence-electron chi connectivity index (χ2n) is 5.67. The van der Waals surface area contributed by atoms with Crippen molar-refractivity contribution < 1.29 is 9.53 Å². The molecule has 0 unspecified atom stereocenters. The topological polar surface area (TPSA) is 58.2 Å². The Bertz CT molecular complexity index is 754. The lowest BCUT2D eigenvalue weighted by Crippen LogP contribution is -2.31. The van der Waals surface area contributed by atoms with E-state index in [1.807, 2.05) is 36.9 Å². The number of nitrogens with zero attached hydrogens (tertiary/aromatic N) is 2. The molecule has 0 atom stereocenters. The molecule has 5 nitrogen and oxygen atoms in total. The zero-order valence-electron chi connectivity index (χ0n) is 14.2. The van der Waals surface area contributed by atoms with E-state index in [1.54, 1.807) is 0 Å². The molecule has 0 fully saturated rings. The number of imidazole rings is 1. The number of ether oxygens (including phenoxy) is 1. The first-order valence-electron chi connectivity index (χ1n) is 8.46. The maximum Gasteiger partial charge on any atom is 0.237 e. The largest absolute Gasteiger partial charge is 0.494 e. The van der Waals surface area contributed by atoms with Crippen molar-refractivity contribution in [2.75, 3.05) is 18.9 Å². The molecule has 1 aliphatic rings. The van der Waals surface area contributed by atoms with Gasteiger partial charge in [-0.2, -0.15) is 0 Å². The van der Waals surface area contributed by atoms with E-state index in [0.29, 0.717) is 12.4 Å². The van der Waals surface area contributed by atoms with Gasteiger partial charge in [-0.25, -0.2) is 4.98 Å². The quantitative estimate of drug-likeness (QED) is 0.772. The molecular formula is C18H23N3O2S. The second kappa shape index (κ2) is 7.75. The number of hydrogen-bond donors (Lipinski definition) is 1. The van der Waals surface area contributed by atoms with Gasteiger partial charge in [0.15, 0.2) is 5.16 Å². The fourth-order valence-electron chi connectivity index (χ4n) is 2.94. The number of rotatable bonds is 7. The molecular weight excluding hydrogens is 322 g/mol. The summed E-state index contributed by atoms with van der Waals surface area (Å²) >= 11 is 1.45. The number of aromatic amines is 1. The molecule has 1 aromatic heterocycles. The number of thioether (sulfide) groups is 1. The Kier molecular flexibility index (Phi) is 5.45.